The minimum Gasteiger partial charge on any atom is -0.289 e. The normalized spacial score (nSPS) is 10.7. The maximum absolute atomic E-state index is 12.1. The van der Waals surface area contributed by atoms with Gasteiger partial charge in [0, 0.05) is 6.42 Å². The highest BCUT2D eigenvalue weighted by molar-refractivity contribution is 5.91. The minimum atomic E-state index is -0.688. The molecule has 0 N–H and O–H groups in total. The molecule has 0 heterocycles. The van der Waals surface area contributed by atoms with Crippen LogP contribution in [0.2, 0.25) is 0 Å². The van der Waals surface area contributed by atoms with Gasteiger partial charge in [-0.1, -0.05) is 24.3 Å². The van der Waals surface area contributed by atoms with Crippen molar-refractivity contribution in [2.45, 2.75) is 34.1 Å². The number of hydrogen-bond donors (Lipinski definition) is 0. The van der Waals surface area contributed by atoms with Crippen molar-refractivity contribution < 1.29 is 29.1 Å². The lowest BCUT2D eigenvalue weighted by Crippen LogP contribution is -2.16. The van der Waals surface area contributed by atoms with Gasteiger partial charge < -0.3 is 0 Å². The number of carbonyl (C=O) groups excluding carboxylic acids is 2. The summed E-state index contributed by atoms with van der Waals surface area (Å²) in [5.74, 6) is -1.38. The van der Waals surface area contributed by atoms with Crippen molar-refractivity contribution in [3.63, 3.8) is 0 Å². The van der Waals surface area contributed by atoms with Crippen LogP contribution in [-0.4, -0.2) is 11.9 Å². The number of carbonyl (C=O) groups is 2. The lowest BCUT2D eigenvalue weighted by atomic mass is 10.0. The summed E-state index contributed by atoms with van der Waals surface area (Å²) in [5, 5.41) is 0. The smallest absolute Gasteiger partial charge is 0.289 e. The Morgan fingerprint density at radius 1 is 0.741 bits per heavy atom. The van der Waals surface area contributed by atoms with Crippen molar-refractivity contribution in [1.29, 1.82) is 0 Å². The molecule has 2 radical (unpaired) electrons. The predicted molar refractivity (Wildman–Crippen MR) is 98.1 cm³/mol. The van der Waals surface area contributed by atoms with Crippen LogP contribution in [0.4, 0.5) is 0 Å². The molecule has 0 spiro atoms. The van der Waals surface area contributed by atoms with E-state index in [1.807, 2.05) is 26.0 Å². The van der Waals surface area contributed by atoms with Gasteiger partial charge in [0.1, 0.15) is 0 Å². The monoisotopic (exact) mass is 370 g/mol. The number of hydrogen-bond acceptors (Lipinski definition) is 6. The Morgan fingerprint density at radius 2 is 1.15 bits per heavy atom. The molecule has 0 atom stereocenters. The Kier molecular flexibility index (Phi) is 7.10. The van der Waals surface area contributed by atoms with Crippen LogP contribution >= 0.6 is 0 Å². The molecule has 2 rings (SSSR count). The van der Waals surface area contributed by atoms with Crippen LogP contribution in [0.3, 0.4) is 0 Å². The quantitative estimate of drug-likeness (QED) is 0.527. The molecule has 0 aromatic heterocycles. The van der Waals surface area contributed by atoms with Gasteiger partial charge in [-0.25, -0.2) is 9.59 Å². The van der Waals surface area contributed by atoms with Crippen LogP contribution in [0.1, 0.15) is 49.4 Å². The van der Waals surface area contributed by atoms with Crippen molar-refractivity contribution in [3.05, 3.63) is 83.0 Å². The second kappa shape index (κ2) is 9.30. The minimum absolute atomic E-state index is 0.0276. The van der Waals surface area contributed by atoms with E-state index in [1.165, 1.54) is 0 Å². The highest BCUT2D eigenvalue weighted by atomic mass is 17.3. The fourth-order valence-corrected chi connectivity index (χ4v) is 2.30. The SMILES string of the molecule is [CH2]C[C](OOC(=O)c1cccc(C)c1C)OOC(=O)c1cccc(C)c1C. The number of aryl methyl sites for hydroxylation is 2. The van der Waals surface area contributed by atoms with Crippen molar-refractivity contribution in [3.8, 4) is 0 Å². The van der Waals surface area contributed by atoms with Crippen LogP contribution in [0, 0.1) is 40.9 Å². The van der Waals surface area contributed by atoms with E-state index >= 15 is 0 Å². The molecule has 27 heavy (non-hydrogen) atoms. The molecule has 6 heteroatoms. The van der Waals surface area contributed by atoms with E-state index in [1.54, 1.807) is 38.1 Å². The molecule has 0 unspecified atom stereocenters. The van der Waals surface area contributed by atoms with Gasteiger partial charge >= 0.3 is 18.2 Å². The molecule has 6 nitrogen and oxygen atoms in total. The zero-order chi connectivity index (χ0) is 20.0. The summed E-state index contributed by atoms with van der Waals surface area (Å²) in [6.07, 6.45) is -0.285. The van der Waals surface area contributed by atoms with Crippen molar-refractivity contribution in [2.75, 3.05) is 0 Å². The summed E-state index contributed by atoms with van der Waals surface area (Å²) < 4.78 is 0. The van der Waals surface area contributed by atoms with Gasteiger partial charge in [0.05, 0.1) is 11.1 Å². The summed E-state index contributed by atoms with van der Waals surface area (Å²) in [7, 11) is 0. The van der Waals surface area contributed by atoms with Gasteiger partial charge in [-0.15, -0.1) is 9.78 Å². The molecule has 0 aliphatic heterocycles. The van der Waals surface area contributed by atoms with Crippen molar-refractivity contribution >= 4 is 11.9 Å². The first-order valence-electron chi connectivity index (χ1n) is 8.40. The Hall–Kier alpha value is -2.70. The fraction of sp³-hybridized carbons (Fsp3) is 0.238. The Morgan fingerprint density at radius 3 is 1.52 bits per heavy atom. The summed E-state index contributed by atoms with van der Waals surface area (Å²) in [5.41, 5.74) is 4.19. The zero-order valence-electron chi connectivity index (χ0n) is 15.8. The maximum atomic E-state index is 12.1. The molecule has 0 bridgehead atoms. The average molecular weight is 370 g/mol. The first kappa shape index (κ1) is 20.6. The molecule has 0 saturated carbocycles. The Balaban J connectivity index is 1.92. The second-order valence-electron chi connectivity index (χ2n) is 6.03. The molecule has 142 valence electrons. The molecular weight excluding hydrogens is 348 g/mol. The van der Waals surface area contributed by atoms with Crippen LogP contribution in [0.25, 0.3) is 0 Å². The molecule has 0 amide bonds. The topological polar surface area (TPSA) is 71.1 Å². The molecular formula is C21H22O6. The molecule has 0 aliphatic carbocycles. The lowest BCUT2D eigenvalue weighted by molar-refractivity contribution is -0.362. The summed E-state index contributed by atoms with van der Waals surface area (Å²) in [4.78, 5) is 43.5. The van der Waals surface area contributed by atoms with Crippen molar-refractivity contribution in [2.24, 2.45) is 0 Å². The van der Waals surface area contributed by atoms with E-state index in [0.29, 0.717) is 11.1 Å². The first-order valence-corrected chi connectivity index (χ1v) is 8.40. The van der Waals surface area contributed by atoms with Gasteiger partial charge in [0.25, 0.3) is 0 Å². The van der Waals surface area contributed by atoms with E-state index in [9.17, 15) is 9.59 Å². The Bertz CT molecular complexity index is 760. The highest BCUT2D eigenvalue weighted by Crippen LogP contribution is 2.18. The summed E-state index contributed by atoms with van der Waals surface area (Å²) >= 11 is 0. The van der Waals surface area contributed by atoms with Crippen LogP contribution in [0.5, 0.6) is 0 Å². The fourth-order valence-electron chi connectivity index (χ4n) is 2.30. The van der Waals surface area contributed by atoms with E-state index in [4.69, 9.17) is 19.6 Å². The van der Waals surface area contributed by atoms with E-state index in [-0.39, 0.29) is 12.7 Å². The predicted octanol–water partition coefficient (Wildman–Crippen LogP) is 4.51. The molecule has 2 aromatic carbocycles. The first-order chi connectivity index (χ1) is 12.8. The van der Waals surface area contributed by atoms with E-state index < -0.39 is 11.9 Å². The average Bonchev–Trinajstić information content (AvgIpc) is 2.65. The largest absolute Gasteiger partial charge is 0.373 e. The second-order valence-corrected chi connectivity index (χ2v) is 6.03. The van der Waals surface area contributed by atoms with Gasteiger partial charge in [0.2, 0.25) is 0 Å². The third kappa shape index (κ3) is 5.15. The maximum Gasteiger partial charge on any atom is 0.373 e. The summed E-state index contributed by atoms with van der Waals surface area (Å²) in [6.45, 7) is 11.0. The highest BCUT2D eigenvalue weighted by Gasteiger charge is 2.21. The van der Waals surface area contributed by atoms with Gasteiger partial charge in [-0.2, -0.15) is 0 Å². The molecule has 2 aromatic rings. The Labute approximate surface area is 158 Å². The number of benzene rings is 2. The van der Waals surface area contributed by atoms with Crippen molar-refractivity contribution in [1.82, 2.24) is 0 Å². The third-order valence-corrected chi connectivity index (χ3v) is 4.27. The van der Waals surface area contributed by atoms with Gasteiger partial charge in [0.15, 0.2) is 0 Å². The molecule has 0 aliphatic rings. The van der Waals surface area contributed by atoms with Gasteiger partial charge in [-0.05, 0) is 69.0 Å². The van der Waals surface area contributed by atoms with E-state index in [2.05, 4.69) is 6.92 Å². The molecule has 0 saturated heterocycles. The lowest BCUT2D eigenvalue weighted by Gasteiger charge is -2.13. The van der Waals surface area contributed by atoms with Gasteiger partial charge in [-0.3, -0.25) is 9.78 Å². The van der Waals surface area contributed by atoms with E-state index in [0.717, 1.165) is 22.3 Å². The zero-order valence-corrected chi connectivity index (χ0v) is 15.8. The van der Waals surface area contributed by atoms with Crippen LogP contribution in [-0.2, 0) is 19.6 Å². The standard InChI is InChI=1S/C21H22O6/c1-6-19(24-26-20(22)17-11-7-9-13(2)15(17)4)25-27-21(23)18-12-8-10-14(3)16(18)5/h7-12H,1,6H2,2-5H3. The van der Waals surface area contributed by atoms with Crippen LogP contribution < -0.4 is 0 Å². The molecule has 0 fully saturated rings. The third-order valence-electron chi connectivity index (χ3n) is 4.27. The number of rotatable bonds is 7. The van der Waals surface area contributed by atoms with Crippen LogP contribution in [0.15, 0.2) is 36.4 Å². The summed E-state index contributed by atoms with van der Waals surface area (Å²) in [6, 6.07) is 10.5.